The molecule has 0 aromatic heterocycles. The fourth-order valence-corrected chi connectivity index (χ4v) is 5.80. The third kappa shape index (κ3) is 4.36. The Morgan fingerprint density at radius 2 is 1.84 bits per heavy atom. The normalized spacial score (nSPS) is 16.3. The summed E-state index contributed by atoms with van der Waals surface area (Å²) >= 11 is 0. The van der Waals surface area contributed by atoms with Crippen LogP contribution < -0.4 is 11.1 Å². The van der Waals surface area contributed by atoms with Crippen LogP contribution in [0.15, 0.2) is 23.1 Å². The molecule has 1 aromatic rings. The summed E-state index contributed by atoms with van der Waals surface area (Å²) in [5.74, 6) is -0.349. The lowest BCUT2D eigenvalue weighted by Crippen LogP contribution is -2.51. The molecule has 0 atom stereocenters. The van der Waals surface area contributed by atoms with Crippen molar-refractivity contribution in [3.8, 4) is 0 Å². The lowest BCUT2D eigenvalue weighted by Gasteiger charge is -2.28. The number of rotatable bonds is 7. The number of unbranched alkanes of at least 4 members (excludes halogenated alkanes) is 1. The average Bonchev–Trinajstić information content (AvgIpc) is 3.05. The van der Waals surface area contributed by atoms with Crippen LogP contribution in [0.3, 0.4) is 0 Å². The van der Waals surface area contributed by atoms with Gasteiger partial charge in [0.05, 0.1) is 4.90 Å². The molecule has 1 aromatic carbocycles. The standard InChI is InChI=1S/C18H28N2O3S.ClH/c1-14-7-8-15(2)16(13-14)24(22,23)18(9-3-4-10-18)17(21)20-12-6-5-11-19;/h7-8,13H,3-6,9-12,19H2,1-2H3,(H,20,21);1H. The second-order valence-electron chi connectivity index (χ2n) is 6.73. The van der Waals surface area contributed by atoms with Gasteiger partial charge in [-0.25, -0.2) is 8.42 Å². The maximum atomic E-state index is 13.4. The SMILES string of the molecule is Cc1ccc(C)c(S(=O)(=O)C2(C(=O)NCCCCN)CCCC2)c1.Cl. The van der Waals surface area contributed by atoms with Crippen molar-refractivity contribution < 1.29 is 13.2 Å². The van der Waals surface area contributed by atoms with Gasteiger partial charge in [0.15, 0.2) is 14.6 Å². The number of carbonyl (C=O) groups is 1. The molecule has 5 nitrogen and oxygen atoms in total. The third-order valence-corrected chi connectivity index (χ3v) is 7.53. The van der Waals surface area contributed by atoms with Crippen molar-refractivity contribution in [2.24, 2.45) is 5.73 Å². The molecule has 142 valence electrons. The van der Waals surface area contributed by atoms with Crippen molar-refractivity contribution >= 4 is 28.2 Å². The summed E-state index contributed by atoms with van der Waals surface area (Å²) in [4.78, 5) is 13.1. The number of halogens is 1. The van der Waals surface area contributed by atoms with Crippen LogP contribution in [0.2, 0.25) is 0 Å². The first-order valence-corrected chi connectivity index (χ1v) is 10.1. The molecule has 2 rings (SSSR count). The Morgan fingerprint density at radius 3 is 2.44 bits per heavy atom. The van der Waals surface area contributed by atoms with Gasteiger partial charge in [-0.15, -0.1) is 12.4 Å². The molecule has 0 aliphatic heterocycles. The monoisotopic (exact) mass is 388 g/mol. The Hall–Kier alpha value is -1.11. The zero-order chi connectivity index (χ0) is 17.8. The molecule has 0 radical (unpaired) electrons. The number of hydrogen-bond acceptors (Lipinski definition) is 4. The van der Waals surface area contributed by atoms with Crippen molar-refractivity contribution in [2.45, 2.75) is 62.0 Å². The number of aryl methyl sites for hydroxylation is 2. The molecule has 0 heterocycles. The number of hydrogen-bond donors (Lipinski definition) is 2. The molecular formula is C18H29ClN2O3S. The van der Waals surface area contributed by atoms with E-state index in [2.05, 4.69) is 5.32 Å². The Balaban J connectivity index is 0.00000312. The lowest BCUT2D eigenvalue weighted by molar-refractivity contribution is -0.123. The highest BCUT2D eigenvalue weighted by atomic mass is 35.5. The predicted molar refractivity (Wildman–Crippen MR) is 103 cm³/mol. The summed E-state index contributed by atoms with van der Waals surface area (Å²) in [5.41, 5.74) is 7.04. The summed E-state index contributed by atoms with van der Waals surface area (Å²) < 4.78 is 25.4. The zero-order valence-electron chi connectivity index (χ0n) is 15.0. The minimum absolute atomic E-state index is 0. The van der Waals surface area contributed by atoms with E-state index in [9.17, 15) is 13.2 Å². The second-order valence-corrected chi connectivity index (χ2v) is 8.95. The predicted octanol–water partition coefficient (Wildman–Crippen LogP) is 2.67. The maximum Gasteiger partial charge on any atom is 0.241 e. The summed E-state index contributed by atoms with van der Waals surface area (Å²) in [6.07, 6.45) is 3.90. The van der Waals surface area contributed by atoms with Crippen LogP contribution in [-0.2, 0) is 14.6 Å². The number of carbonyl (C=O) groups excluding carboxylic acids is 1. The van der Waals surface area contributed by atoms with Crippen LogP contribution >= 0.6 is 12.4 Å². The van der Waals surface area contributed by atoms with Gasteiger partial charge in [0.1, 0.15) is 0 Å². The zero-order valence-corrected chi connectivity index (χ0v) is 16.6. The molecule has 0 spiro atoms. The molecule has 3 N–H and O–H groups in total. The second kappa shape index (κ2) is 9.01. The number of amides is 1. The van der Waals surface area contributed by atoms with Gasteiger partial charge < -0.3 is 11.1 Å². The van der Waals surface area contributed by atoms with Gasteiger partial charge in [-0.2, -0.15) is 0 Å². The van der Waals surface area contributed by atoms with Gasteiger partial charge in [0.2, 0.25) is 5.91 Å². The van der Waals surface area contributed by atoms with E-state index in [1.165, 1.54) is 0 Å². The number of nitrogens with one attached hydrogen (secondary N) is 1. The van der Waals surface area contributed by atoms with Crippen LogP contribution in [-0.4, -0.2) is 32.2 Å². The number of nitrogens with two attached hydrogens (primary N) is 1. The molecule has 0 bridgehead atoms. The molecule has 7 heteroatoms. The Labute approximate surface area is 157 Å². The smallest absolute Gasteiger partial charge is 0.241 e. The summed E-state index contributed by atoms with van der Waals surface area (Å²) in [7, 11) is -3.73. The van der Waals surface area contributed by atoms with Crippen molar-refractivity contribution in [3.63, 3.8) is 0 Å². The quantitative estimate of drug-likeness (QED) is 0.702. The van der Waals surface area contributed by atoms with E-state index in [4.69, 9.17) is 5.73 Å². The van der Waals surface area contributed by atoms with Gasteiger partial charge in [-0.1, -0.05) is 25.0 Å². The Kier molecular flexibility index (Phi) is 7.90. The van der Waals surface area contributed by atoms with Crippen molar-refractivity contribution in [3.05, 3.63) is 29.3 Å². The van der Waals surface area contributed by atoms with Crippen molar-refractivity contribution in [2.75, 3.05) is 13.1 Å². The highest BCUT2D eigenvalue weighted by molar-refractivity contribution is 7.93. The van der Waals surface area contributed by atoms with E-state index in [1.807, 2.05) is 19.1 Å². The van der Waals surface area contributed by atoms with Gasteiger partial charge in [-0.3, -0.25) is 4.79 Å². The van der Waals surface area contributed by atoms with Gasteiger partial charge in [0, 0.05) is 6.54 Å². The fourth-order valence-electron chi connectivity index (χ4n) is 3.40. The van der Waals surface area contributed by atoms with Crippen molar-refractivity contribution in [1.29, 1.82) is 0 Å². The number of sulfone groups is 1. The number of benzene rings is 1. The molecular weight excluding hydrogens is 360 g/mol. The van der Waals surface area contributed by atoms with Crippen LogP contribution in [0.1, 0.15) is 49.7 Å². The first-order valence-electron chi connectivity index (χ1n) is 8.65. The fraction of sp³-hybridized carbons (Fsp3) is 0.611. The van der Waals surface area contributed by atoms with Crippen LogP contribution in [0.4, 0.5) is 0 Å². The van der Waals surface area contributed by atoms with Crippen LogP contribution in [0.5, 0.6) is 0 Å². The third-order valence-electron chi connectivity index (χ3n) is 4.89. The van der Waals surface area contributed by atoms with Gasteiger partial charge in [-0.05, 0) is 63.3 Å². The van der Waals surface area contributed by atoms with E-state index in [-0.39, 0.29) is 18.3 Å². The largest absolute Gasteiger partial charge is 0.355 e. The molecule has 0 saturated heterocycles. The van der Waals surface area contributed by atoms with Gasteiger partial charge >= 0.3 is 0 Å². The Bertz CT molecular complexity index is 698. The topological polar surface area (TPSA) is 89.3 Å². The van der Waals surface area contributed by atoms with E-state index in [1.54, 1.807) is 13.0 Å². The van der Waals surface area contributed by atoms with E-state index < -0.39 is 14.6 Å². The van der Waals surface area contributed by atoms with Crippen LogP contribution in [0.25, 0.3) is 0 Å². The minimum atomic E-state index is -3.73. The average molecular weight is 389 g/mol. The van der Waals surface area contributed by atoms with E-state index >= 15 is 0 Å². The lowest BCUT2D eigenvalue weighted by atomic mass is 10.1. The molecule has 25 heavy (non-hydrogen) atoms. The molecule has 1 aliphatic carbocycles. The molecule has 0 unspecified atom stereocenters. The minimum Gasteiger partial charge on any atom is -0.355 e. The molecule has 1 amide bonds. The van der Waals surface area contributed by atoms with Crippen LogP contribution in [0, 0.1) is 13.8 Å². The first kappa shape index (κ1) is 21.9. The van der Waals surface area contributed by atoms with E-state index in [0.717, 1.165) is 31.2 Å². The van der Waals surface area contributed by atoms with Gasteiger partial charge in [0.25, 0.3) is 0 Å². The summed E-state index contributed by atoms with van der Waals surface area (Å²) in [6.45, 7) is 4.70. The first-order chi connectivity index (χ1) is 11.3. The molecule has 1 saturated carbocycles. The highest BCUT2D eigenvalue weighted by Gasteiger charge is 2.53. The summed E-state index contributed by atoms with van der Waals surface area (Å²) in [5, 5.41) is 2.84. The molecule has 1 fully saturated rings. The molecule has 1 aliphatic rings. The highest BCUT2D eigenvalue weighted by Crippen LogP contribution is 2.41. The van der Waals surface area contributed by atoms with Crippen molar-refractivity contribution in [1.82, 2.24) is 5.32 Å². The summed E-state index contributed by atoms with van der Waals surface area (Å²) in [6, 6.07) is 5.39. The maximum absolute atomic E-state index is 13.4. The van der Waals surface area contributed by atoms with E-state index in [0.29, 0.717) is 36.4 Å². The Morgan fingerprint density at radius 1 is 1.20 bits per heavy atom.